The number of hydrogen-bond donors (Lipinski definition) is 1. The van der Waals surface area contributed by atoms with Gasteiger partial charge >= 0.3 is 0 Å². The van der Waals surface area contributed by atoms with Gasteiger partial charge in [-0.15, -0.1) is 5.92 Å². The predicted octanol–water partition coefficient (Wildman–Crippen LogP) is 2.42. The number of hydrogen-bond acceptors (Lipinski definition) is 1. The highest BCUT2D eigenvalue weighted by Crippen LogP contribution is 2.25. The summed E-state index contributed by atoms with van der Waals surface area (Å²) >= 11 is 5.96. The molecule has 2 heteroatoms. The Balaban J connectivity index is 1.99. The Morgan fingerprint density at radius 2 is 2.20 bits per heavy atom. The number of fused-ring (bicyclic) bond motifs is 1. The molecule has 0 saturated heterocycles. The summed E-state index contributed by atoms with van der Waals surface area (Å²) in [4.78, 5) is 0. The third-order valence-electron chi connectivity index (χ3n) is 2.76. The first kappa shape index (κ1) is 10.5. The monoisotopic (exact) mass is 219 g/mol. The Morgan fingerprint density at radius 1 is 1.40 bits per heavy atom. The average Bonchev–Trinajstić information content (AvgIpc) is 2.60. The average molecular weight is 220 g/mol. The van der Waals surface area contributed by atoms with Crippen LogP contribution in [0.15, 0.2) is 18.2 Å². The van der Waals surface area contributed by atoms with E-state index in [2.05, 4.69) is 29.3 Å². The minimum atomic E-state index is 0.527. The van der Waals surface area contributed by atoms with Gasteiger partial charge in [0.25, 0.3) is 0 Å². The van der Waals surface area contributed by atoms with Gasteiger partial charge in [0.1, 0.15) is 0 Å². The standard InChI is InChI=1S/C13H14ClN/c1-2-3-6-15-13-8-10-4-5-12(14)7-11(10)9-13/h4-5,7,13,15H,6,8-9H2,1H3. The van der Waals surface area contributed by atoms with Crippen molar-refractivity contribution in [3.05, 3.63) is 34.3 Å². The molecule has 0 spiro atoms. The molecule has 0 radical (unpaired) electrons. The van der Waals surface area contributed by atoms with E-state index in [4.69, 9.17) is 11.6 Å². The summed E-state index contributed by atoms with van der Waals surface area (Å²) in [6.45, 7) is 2.65. The molecule has 1 aromatic rings. The van der Waals surface area contributed by atoms with Gasteiger partial charge in [0.2, 0.25) is 0 Å². The minimum absolute atomic E-state index is 0.527. The first-order valence-electron chi connectivity index (χ1n) is 5.20. The van der Waals surface area contributed by atoms with Crippen molar-refractivity contribution in [2.24, 2.45) is 0 Å². The van der Waals surface area contributed by atoms with Gasteiger partial charge < -0.3 is 5.32 Å². The van der Waals surface area contributed by atoms with Crippen LogP contribution in [0.25, 0.3) is 0 Å². The zero-order chi connectivity index (χ0) is 10.7. The minimum Gasteiger partial charge on any atom is -0.303 e. The Labute approximate surface area is 95.8 Å². The van der Waals surface area contributed by atoms with Crippen molar-refractivity contribution >= 4 is 11.6 Å². The van der Waals surface area contributed by atoms with Gasteiger partial charge in [-0.1, -0.05) is 23.6 Å². The highest BCUT2D eigenvalue weighted by molar-refractivity contribution is 6.30. The lowest BCUT2D eigenvalue weighted by atomic mass is 10.1. The number of benzene rings is 1. The molecule has 2 rings (SSSR count). The van der Waals surface area contributed by atoms with Crippen LogP contribution in [0.5, 0.6) is 0 Å². The molecule has 1 N–H and O–H groups in total. The van der Waals surface area contributed by atoms with E-state index < -0.39 is 0 Å². The van der Waals surface area contributed by atoms with Crippen LogP contribution in [-0.4, -0.2) is 12.6 Å². The molecule has 15 heavy (non-hydrogen) atoms. The molecular weight excluding hydrogens is 206 g/mol. The smallest absolute Gasteiger partial charge is 0.0578 e. The highest BCUT2D eigenvalue weighted by Gasteiger charge is 2.20. The zero-order valence-corrected chi connectivity index (χ0v) is 9.56. The molecule has 1 aliphatic carbocycles. The molecular formula is C13H14ClN. The third-order valence-corrected chi connectivity index (χ3v) is 2.99. The van der Waals surface area contributed by atoms with Gasteiger partial charge in [0, 0.05) is 11.1 Å². The summed E-state index contributed by atoms with van der Waals surface area (Å²) in [5.74, 6) is 5.91. The van der Waals surface area contributed by atoms with E-state index in [9.17, 15) is 0 Å². The topological polar surface area (TPSA) is 12.0 Å². The lowest BCUT2D eigenvalue weighted by Crippen LogP contribution is -2.29. The van der Waals surface area contributed by atoms with Crippen LogP contribution < -0.4 is 5.32 Å². The van der Waals surface area contributed by atoms with E-state index in [-0.39, 0.29) is 0 Å². The normalized spacial score (nSPS) is 18.1. The maximum Gasteiger partial charge on any atom is 0.0578 e. The van der Waals surface area contributed by atoms with Gasteiger partial charge in [-0.05, 0) is 43.0 Å². The van der Waals surface area contributed by atoms with Crippen LogP contribution in [0, 0.1) is 11.8 Å². The van der Waals surface area contributed by atoms with E-state index in [1.54, 1.807) is 0 Å². The molecule has 0 amide bonds. The first-order chi connectivity index (χ1) is 7.29. The van der Waals surface area contributed by atoms with Gasteiger partial charge in [-0.3, -0.25) is 0 Å². The van der Waals surface area contributed by atoms with Gasteiger partial charge in [0.15, 0.2) is 0 Å². The van der Waals surface area contributed by atoms with E-state index in [1.165, 1.54) is 11.1 Å². The molecule has 1 atom stereocenters. The molecule has 1 unspecified atom stereocenters. The Bertz CT molecular complexity index is 414. The Kier molecular flexibility index (Phi) is 3.30. The molecule has 78 valence electrons. The Morgan fingerprint density at radius 3 is 3.00 bits per heavy atom. The van der Waals surface area contributed by atoms with Crippen LogP contribution in [0.3, 0.4) is 0 Å². The lowest BCUT2D eigenvalue weighted by Gasteiger charge is -2.07. The second-order valence-corrected chi connectivity index (χ2v) is 4.26. The van der Waals surface area contributed by atoms with Crippen molar-refractivity contribution in [3.63, 3.8) is 0 Å². The van der Waals surface area contributed by atoms with Crippen LogP contribution in [-0.2, 0) is 12.8 Å². The van der Waals surface area contributed by atoms with E-state index >= 15 is 0 Å². The summed E-state index contributed by atoms with van der Waals surface area (Å²) in [6, 6.07) is 6.70. The Hall–Kier alpha value is -0.970. The molecule has 0 aromatic heterocycles. The molecule has 0 heterocycles. The molecule has 1 aromatic carbocycles. The molecule has 0 aliphatic heterocycles. The fourth-order valence-corrected chi connectivity index (χ4v) is 2.21. The third kappa shape index (κ3) is 2.53. The van der Waals surface area contributed by atoms with Crippen molar-refractivity contribution in [1.82, 2.24) is 5.32 Å². The second kappa shape index (κ2) is 4.70. The SMILES string of the molecule is CC#CCNC1Cc2ccc(Cl)cc2C1. The van der Waals surface area contributed by atoms with Gasteiger partial charge in [-0.25, -0.2) is 0 Å². The van der Waals surface area contributed by atoms with E-state index in [0.717, 1.165) is 24.4 Å². The van der Waals surface area contributed by atoms with Crippen molar-refractivity contribution in [2.45, 2.75) is 25.8 Å². The maximum absolute atomic E-state index is 5.96. The summed E-state index contributed by atoms with van der Waals surface area (Å²) < 4.78 is 0. The van der Waals surface area contributed by atoms with Crippen molar-refractivity contribution in [1.29, 1.82) is 0 Å². The predicted molar refractivity (Wildman–Crippen MR) is 64.1 cm³/mol. The molecule has 0 fully saturated rings. The number of nitrogens with one attached hydrogen (secondary N) is 1. The first-order valence-corrected chi connectivity index (χ1v) is 5.57. The summed E-state index contributed by atoms with van der Waals surface area (Å²) in [5.41, 5.74) is 2.80. The number of rotatable bonds is 2. The molecule has 1 aliphatic rings. The van der Waals surface area contributed by atoms with Crippen LogP contribution >= 0.6 is 11.6 Å². The fraction of sp³-hybridized carbons (Fsp3) is 0.385. The molecule has 0 saturated carbocycles. The zero-order valence-electron chi connectivity index (χ0n) is 8.81. The van der Waals surface area contributed by atoms with Gasteiger partial charge in [-0.2, -0.15) is 0 Å². The van der Waals surface area contributed by atoms with Gasteiger partial charge in [0.05, 0.1) is 6.54 Å². The summed E-state index contributed by atoms with van der Waals surface area (Å²) in [6.07, 6.45) is 2.17. The van der Waals surface area contributed by atoms with Crippen molar-refractivity contribution in [3.8, 4) is 11.8 Å². The maximum atomic E-state index is 5.96. The second-order valence-electron chi connectivity index (χ2n) is 3.83. The van der Waals surface area contributed by atoms with E-state index in [1.807, 2.05) is 13.0 Å². The highest BCUT2D eigenvalue weighted by atomic mass is 35.5. The lowest BCUT2D eigenvalue weighted by molar-refractivity contribution is 0.571. The summed E-state index contributed by atoms with van der Waals surface area (Å²) in [7, 11) is 0. The van der Waals surface area contributed by atoms with E-state index in [0.29, 0.717) is 6.04 Å². The quantitative estimate of drug-likeness (QED) is 0.754. The van der Waals surface area contributed by atoms with Crippen LogP contribution in [0.4, 0.5) is 0 Å². The fourth-order valence-electron chi connectivity index (χ4n) is 2.01. The number of halogens is 1. The van der Waals surface area contributed by atoms with Crippen molar-refractivity contribution in [2.75, 3.05) is 6.54 Å². The summed E-state index contributed by atoms with van der Waals surface area (Å²) in [5, 5.41) is 4.27. The van der Waals surface area contributed by atoms with Crippen LogP contribution in [0.2, 0.25) is 5.02 Å². The van der Waals surface area contributed by atoms with Crippen LogP contribution in [0.1, 0.15) is 18.1 Å². The molecule has 1 nitrogen and oxygen atoms in total. The molecule has 0 bridgehead atoms. The van der Waals surface area contributed by atoms with Crippen molar-refractivity contribution < 1.29 is 0 Å². The largest absolute Gasteiger partial charge is 0.303 e.